The van der Waals surface area contributed by atoms with Gasteiger partial charge in [-0.25, -0.2) is 0 Å². The zero-order chi connectivity index (χ0) is 20.5. The van der Waals surface area contributed by atoms with Crippen molar-refractivity contribution >= 4 is 5.96 Å². The molecule has 1 aromatic rings. The van der Waals surface area contributed by atoms with Gasteiger partial charge in [0.25, 0.3) is 0 Å². The van der Waals surface area contributed by atoms with Gasteiger partial charge in [0, 0.05) is 58.9 Å². The molecule has 1 aromatic carbocycles. The van der Waals surface area contributed by atoms with Crippen molar-refractivity contribution in [3.05, 3.63) is 29.8 Å². The molecule has 2 N–H and O–H groups in total. The highest BCUT2D eigenvalue weighted by Gasteiger charge is 2.33. The summed E-state index contributed by atoms with van der Waals surface area (Å²) < 4.78 is 17.0. The first kappa shape index (κ1) is 21.9. The zero-order valence-electron chi connectivity index (χ0n) is 18.1. The number of methoxy groups -OCH3 is 2. The maximum absolute atomic E-state index is 5.83. The van der Waals surface area contributed by atoms with Crippen LogP contribution in [0.3, 0.4) is 0 Å². The van der Waals surface area contributed by atoms with Gasteiger partial charge in [-0.05, 0) is 32.0 Å². The predicted molar refractivity (Wildman–Crippen MR) is 116 cm³/mol. The Labute approximate surface area is 174 Å². The third-order valence-corrected chi connectivity index (χ3v) is 6.18. The van der Waals surface area contributed by atoms with Crippen LogP contribution in [0.2, 0.25) is 0 Å². The average Bonchev–Trinajstić information content (AvgIpc) is 3.31. The van der Waals surface area contributed by atoms with E-state index in [1.807, 2.05) is 19.2 Å². The van der Waals surface area contributed by atoms with Crippen molar-refractivity contribution in [1.82, 2.24) is 15.5 Å². The number of para-hydroxylation sites is 1. The molecule has 0 aliphatic carbocycles. The highest BCUT2D eigenvalue weighted by Crippen LogP contribution is 2.31. The second kappa shape index (κ2) is 10.8. The predicted octanol–water partition coefficient (Wildman–Crippen LogP) is 2.19. The van der Waals surface area contributed by atoms with Crippen molar-refractivity contribution in [3.63, 3.8) is 0 Å². The number of guanidine groups is 1. The van der Waals surface area contributed by atoms with Crippen LogP contribution in [-0.4, -0.2) is 77.1 Å². The van der Waals surface area contributed by atoms with E-state index in [1.54, 1.807) is 14.2 Å². The number of rotatable bonds is 8. The maximum Gasteiger partial charge on any atom is 0.191 e. The van der Waals surface area contributed by atoms with Crippen LogP contribution in [0.4, 0.5) is 0 Å². The van der Waals surface area contributed by atoms with E-state index < -0.39 is 0 Å². The Morgan fingerprint density at radius 3 is 2.55 bits per heavy atom. The van der Waals surface area contributed by atoms with E-state index in [-0.39, 0.29) is 11.6 Å². The third kappa shape index (κ3) is 5.62. The molecular weight excluding hydrogens is 368 g/mol. The average molecular weight is 405 g/mol. The fraction of sp³-hybridized carbons (Fsp3) is 0.682. The van der Waals surface area contributed by atoms with Crippen LogP contribution in [-0.2, 0) is 9.47 Å². The van der Waals surface area contributed by atoms with Crippen LogP contribution >= 0.6 is 0 Å². The van der Waals surface area contributed by atoms with E-state index in [1.165, 1.54) is 18.4 Å². The number of ether oxygens (including phenoxy) is 3. The molecule has 7 nitrogen and oxygen atoms in total. The molecule has 2 aliphatic heterocycles. The first-order valence-electron chi connectivity index (χ1n) is 10.7. The van der Waals surface area contributed by atoms with Gasteiger partial charge < -0.3 is 24.8 Å². The van der Waals surface area contributed by atoms with Crippen molar-refractivity contribution in [2.75, 3.05) is 60.7 Å². The number of hydrogen-bond donors (Lipinski definition) is 2. The summed E-state index contributed by atoms with van der Waals surface area (Å²) in [5.41, 5.74) is 1.03. The maximum atomic E-state index is 5.83. The molecule has 2 fully saturated rings. The molecule has 2 heterocycles. The van der Waals surface area contributed by atoms with Gasteiger partial charge in [-0.3, -0.25) is 9.89 Å². The largest absolute Gasteiger partial charge is 0.496 e. The normalized spacial score (nSPS) is 21.0. The summed E-state index contributed by atoms with van der Waals surface area (Å²) in [7, 11) is 5.34. The lowest BCUT2D eigenvalue weighted by molar-refractivity contribution is -0.0855. The van der Waals surface area contributed by atoms with Crippen LogP contribution in [0.25, 0.3) is 0 Å². The number of nitrogens with one attached hydrogen (secondary N) is 2. The molecular formula is C22H36N4O3. The molecule has 7 heteroatoms. The molecule has 0 spiro atoms. The summed E-state index contributed by atoms with van der Waals surface area (Å²) in [6.45, 7) is 5.20. The molecule has 0 bridgehead atoms. The fourth-order valence-electron chi connectivity index (χ4n) is 4.29. The van der Waals surface area contributed by atoms with Crippen LogP contribution in [0.5, 0.6) is 5.75 Å². The van der Waals surface area contributed by atoms with Gasteiger partial charge in [-0.2, -0.15) is 0 Å². The lowest BCUT2D eigenvalue weighted by Crippen LogP contribution is -2.51. The Balaban J connectivity index is 1.64. The van der Waals surface area contributed by atoms with E-state index in [9.17, 15) is 0 Å². The summed E-state index contributed by atoms with van der Waals surface area (Å²) in [5, 5.41) is 7.00. The molecule has 162 valence electrons. The molecule has 0 amide bonds. The van der Waals surface area contributed by atoms with Gasteiger partial charge in [0.2, 0.25) is 0 Å². The van der Waals surface area contributed by atoms with Crippen LogP contribution in [0.1, 0.15) is 37.3 Å². The second-order valence-electron chi connectivity index (χ2n) is 7.81. The molecule has 0 aromatic heterocycles. The van der Waals surface area contributed by atoms with Crippen LogP contribution in [0.15, 0.2) is 29.3 Å². The first-order chi connectivity index (χ1) is 14.2. The molecule has 1 atom stereocenters. The van der Waals surface area contributed by atoms with Crippen molar-refractivity contribution in [2.24, 2.45) is 4.99 Å². The molecule has 2 saturated heterocycles. The smallest absolute Gasteiger partial charge is 0.191 e. The SMILES string of the molecule is CN=C(NCC(c1ccccc1OC)N1CCCC1)NCC1(OC)CCOCC1. The lowest BCUT2D eigenvalue weighted by Gasteiger charge is -2.36. The molecule has 0 radical (unpaired) electrons. The number of aliphatic imine (C=N–C) groups is 1. The van der Waals surface area contributed by atoms with Crippen LogP contribution in [0, 0.1) is 0 Å². The van der Waals surface area contributed by atoms with E-state index >= 15 is 0 Å². The number of nitrogens with zero attached hydrogens (tertiary/aromatic N) is 2. The molecule has 2 aliphatic rings. The first-order valence-corrected chi connectivity index (χ1v) is 10.7. The number of hydrogen-bond acceptors (Lipinski definition) is 5. The van der Waals surface area contributed by atoms with Gasteiger partial charge in [0.05, 0.1) is 18.8 Å². The minimum Gasteiger partial charge on any atom is -0.496 e. The second-order valence-corrected chi connectivity index (χ2v) is 7.81. The van der Waals surface area contributed by atoms with Crippen molar-refractivity contribution in [3.8, 4) is 5.75 Å². The summed E-state index contributed by atoms with van der Waals surface area (Å²) in [5.74, 6) is 1.74. The highest BCUT2D eigenvalue weighted by molar-refractivity contribution is 5.79. The van der Waals surface area contributed by atoms with E-state index in [2.05, 4.69) is 32.7 Å². The van der Waals surface area contributed by atoms with Crippen molar-refractivity contribution in [1.29, 1.82) is 0 Å². The van der Waals surface area contributed by atoms with Gasteiger partial charge in [0.15, 0.2) is 5.96 Å². The Morgan fingerprint density at radius 2 is 1.90 bits per heavy atom. The highest BCUT2D eigenvalue weighted by atomic mass is 16.5. The van der Waals surface area contributed by atoms with Crippen LogP contribution < -0.4 is 15.4 Å². The third-order valence-electron chi connectivity index (χ3n) is 6.18. The van der Waals surface area contributed by atoms with E-state index in [0.29, 0.717) is 0 Å². The topological polar surface area (TPSA) is 67.4 Å². The van der Waals surface area contributed by atoms with Gasteiger partial charge in [-0.1, -0.05) is 18.2 Å². The Kier molecular flexibility index (Phi) is 8.15. The van der Waals surface area contributed by atoms with Gasteiger partial charge in [0.1, 0.15) is 5.75 Å². The molecule has 0 saturated carbocycles. The standard InChI is InChI=1S/C22H36N4O3/c1-23-21(25-17-22(28-3)10-14-29-15-11-22)24-16-19(26-12-6-7-13-26)18-8-4-5-9-20(18)27-2/h4-5,8-9,19H,6-7,10-17H2,1-3H3,(H2,23,24,25). The fourth-order valence-corrected chi connectivity index (χ4v) is 4.29. The summed E-state index contributed by atoms with van der Waals surface area (Å²) >= 11 is 0. The van der Waals surface area contributed by atoms with Gasteiger partial charge in [-0.15, -0.1) is 0 Å². The molecule has 1 unspecified atom stereocenters. The summed E-state index contributed by atoms with van der Waals surface area (Å²) in [4.78, 5) is 6.97. The van der Waals surface area contributed by atoms with E-state index in [0.717, 1.165) is 63.9 Å². The monoisotopic (exact) mass is 404 g/mol. The lowest BCUT2D eigenvalue weighted by atomic mass is 9.94. The van der Waals surface area contributed by atoms with E-state index in [4.69, 9.17) is 14.2 Å². The van der Waals surface area contributed by atoms with Crippen molar-refractivity contribution < 1.29 is 14.2 Å². The number of benzene rings is 1. The Morgan fingerprint density at radius 1 is 1.17 bits per heavy atom. The quantitative estimate of drug-likeness (QED) is 0.511. The van der Waals surface area contributed by atoms with Crippen molar-refractivity contribution in [2.45, 2.75) is 37.3 Å². The Hall–Kier alpha value is -1.83. The summed E-state index contributed by atoms with van der Waals surface area (Å²) in [6.07, 6.45) is 4.28. The summed E-state index contributed by atoms with van der Waals surface area (Å²) in [6, 6.07) is 8.56. The zero-order valence-corrected chi connectivity index (χ0v) is 18.1. The van der Waals surface area contributed by atoms with Gasteiger partial charge >= 0.3 is 0 Å². The number of likely N-dealkylation sites (tertiary alicyclic amines) is 1. The molecule has 29 heavy (non-hydrogen) atoms. The Bertz CT molecular complexity index is 655. The molecule has 3 rings (SSSR count). The minimum absolute atomic E-state index is 0.188. The minimum atomic E-state index is -0.188.